The predicted molar refractivity (Wildman–Crippen MR) is 47.1 cm³/mol. The van der Waals surface area contributed by atoms with Crippen molar-refractivity contribution < 1.29 is 17.6 Å². The molecule has 0 aliphatic carbocycles. The first kappa shape index (κ1) is 11.5. The van der Waals surface area contributed by atoms with Gasteiger partial charge in [0.25, 0.3) is 0 Å². The van der Waals surface area contributed by atoms with Gasteiger partial charge in [-0.2, -0.15) is 13.2 Å². The van der Waals surface area contributed by atoms with Crippen LogP contribution in [0.4, 0.5) is 17.6 Å². The van der Waals surface area contributed by atoms with Gasteiger partial charge in [-0.05, 0) is 22.0 Å². The zero-order valence-electron chi connectivity index (χ0n) is 6.78. The Balaban J connectivity index is 3.14. The van der Waals surface area contributed by atoms with Crippen LogP contribution in [0.25, 0.3) is 0 Å². The Labute approximate surface area is 86.0 Å². The van der Waals surface area contributed by atoms with Crippen LogP contribution in [-0.2, 0) is 0 Å². The molecule has 0 radical (unpaired) electrons. The predicted octanol–water partition coefficient (Wildman–Crippen LogP) is 3.15. The second-order valence-corrected chi connectivity index (χ2v) is 3.52. The number of halogens is 5. The smallest absolute Gasteiger partial charge is 0.316 e. The molecule has 6 heteroatoms. The summed E-state index contributed by atoms with van der Waals surface area (Å²) in [5.74, 6) is -0.975. The van der Waals surface area contributed by atoms with Crippen molar-refractivity contribution in [2.75, 3.05) is 0 Å². The summed E-state index contributed by atoms with van der Waals surface area (Å²) in [5.41, 5.74) is 4.29. The zero-order valence-corrected chi connectivity index (χ0v) is 8.36. The molecule has 2 N–H and O–H groups in total. The summed E-state index contributed by atoms with van der Waals surface area (Å²) < 4.78 is 49.5. The molecule has 0 aromatic heterocycles. The van der Waals surface area contributed by atoms with Gasteiger partial charge in [0.2, 0.25) is 0 Å². The first-order chi connectivity index (χ1) is 6.34. The van der Waals surface area contributed by atoms with Crippen LogP contribution in [0, 0.1) is 5.82 Å². The van der Waals surface area contributed by atoms with Gasteiger partial charge in [0.15, 0.2) is 0 Å². The monoisotopic (exact) mass is 271 g/mol. The Hall–Kier alpha value is -0.620. The fourth-order valence-electron chi connectivity index (χ4n) is 0.937. The van der Waals surface area contributed by atoms with Gasteiger partial charge in [-0.1, -0.05) is 12.1 Å². The minimum absolute atomic E-state index is 0.0327. The SMILES string of the molecule is N[C@H](c1cccc(Br)c1F)C(F)(F)F. The number of rotatable bonds is 1. The van der Waals surface area contributed by atoms with E-state index in [-0.39, 0.29) is 4.47 Å². The number of nitrogens with two attached hydrogens (primary N) is 1. The van der Waals surface area contributed by atoms with Crippen molar-refractivity contribution in [1.29, 1.82) is 0 Å². The van der Waals surface area contributed by atoms with Crippen LogP contribution >= 0.6 is 15.9 Å². The van der Waals surface area contributed by atoms with E-state index in [9.17, 15) is 17.6 Å². The van der Waals surface area contributed by atoms with Crippen LogP contribution in [0.3, 0.4) is 0 Å². The van der Waals surface area contributed by atoms with E-state index in [1.165, 1.54) is 12.1 Å². The van der Waals surface area contributed by atoms with Crippen molar-refractivity contribution in [3.05, 3.63) is 34.1 Å². The Morgan fingerprint density at radius 3 is 2.36 bits per heavy atom. The molecule has 1 atom stereocenters. The van der Waals surface area contributed by atoms with Gasteiger partial charge in [-0.25, -0.2) is 4.39 Å². The summed E-state index contributed by atoms with van der Waals surface area (Å²) in [6.07, 6.45) is -4.64. The van der Waals surface area contributed by atoms with E-state index >= 15 is 0 Å². The van der Waals surface area contributed by atoms with Gasteiger partial charge in [0, 0.05) is 5.56 Å². The summed E-state index contributed by atoms with van der Waals surface area (Å²) in [6, 6.07) is 1.33. The lowest BCUT2D eigenvalue weighted by Crippen LogP contribution is -2.29. The van der Waals surface area contributed by atoms with Gasteiger partial charge in [-0.15, -0.1) is 0 Å². The zero-order chi connectivity index (χ0) is 10.9. The lowest BCUT2D eigenvalue weighted by atomic mass is 10.1. The maximum atomic E-state index is 13.2. The Bertz CT molecular complexity index is 337. The van der Waals surface area contributed by atoms with Crippen molar-refractivity contribution in [3.8, 4) is 0 Å². The van der Waals surface area contributed by atoms with Gasteiger partial charge >= 0.3 is 6.18 Å². The maximum absolute atomic E-state index is 13.2. The van der Waals surface area contributed by atoms with Crippen molar-refractivity contribution >= 4 is 15.9 Å². The van der Waals surface area contributed by atoms with Crippen LogP contribution in [0.5, 0.6) is 0 Å². The Morgan fingerprint density at radius 1 is 1.29 bits per heavy atom. The molecule has 0 aliphatic rings. The van der Waals surface area contributed by atoms with Crippen LogP contribution in [0.2, 0.25) is 0 Å². The highest BCUT2D eigenvalue weighted by molar-refractivity contribution is 9.10. The topological polar surface area (TPSA) is 26.0 Å². The van der Waals surface area contributed by atoms with Gasteiger partial charge < -0.3 is 5.73 Å². The van der Waals surface area contributed by atoms with E-state index in [1.807, 2.05) is 0 Å². The average Bonchev–Trinajstić information content (AvgIpc) is 2.07. The van der Waals surface area contributed by atoms with Crippen molar-refractivity contribution in [2.24, 2.45) is 5.73 Å². The first-order valence-electron chi connectivity index (χ1n) is 3.60. The molecule has 0 fully saturated rings. The molecule has 14 heavy (non-hydrogen) atoms. The number of hydrogen-bond acceptors (Lipinski definition) is 1. The Kier molecular flexibility index (Phi) is 3.16. The van der Waals surface area contributed by atoms with E-state index in [4.69, 9.17) is 5.73 Å². The minimum Gasteiger partial charge on any atom is -0.316 e. The minimum atomic E-state index is -4.64. The van der Waals surface area contributed by atoms with Gasteiger partial charge in [0.05, 0.1) is 4.47 Å². The first-order valence-corrected chi connectivity index (χ1v) is 4.39. The third kappa shape index (κ3) is 2.24. The molecule has 0 unspecified atom stereocenters. The molecule has 78 valence electrons. The summed E-state index contributed by atoms with van der Waals surface area (Å²) >= 11 is 2.78. The molecular weight excluding hydrogens is 266 g/mol. The van der Waals surface area contributed by atoms with E-state index in [0.717, 1.165) is 6.07 Å². The normalized spacial score (nSPS) is 14.1. The Morgan fingerprint density at radius 2 is 1.86 bits per heavy atom. The molecule has 0 saturated heterocycles. The standard InChI is InChI=1S/C8H6BrF4N/c9-5-3-1-2-4(6(5)10)7(14)8(11,12)13/h1-3,7H,14H2/t7-/m1/s1. The summed E-state index contributed by atoms with van der Waals surface area (Å²) in [5, 5.41) is 0. The average molecular weight is 272 g/mol. The summed E-state index contributed by atoms with van der Waals surface area (Å²) in [7, 11) is 0. The fourth-order valence-corrected chi connectivity index (χ4v) is 1.32. The third-order valence-electron chi connectivity index (χ3n) is 1.67. The summed E-state index contributed by atoms with van der Waals surface area (Å²) in [4.78, 5) is 0. The van der Waals surface area contributed by atoms with Gasteiger partial charge in [0.1, 0.15) is 11.9 Å². The van der Waals surface area contributed by atoms with E-state index in [0.29, 0.717) is 0 Å². The molecule has 0 heterocycles. The van der Waals surface area contributed by atoms with E-state index in [2.05, 4.69) is 15.9 Å². The number of benzene rings is 1. The maximum Gasteiger partial charge on any atom is 0.407 e. The van der Waals surface area contributed by atoms with E-state index in [1.54, 1.807) is 0 Å². The van der Waals surface area contributed by atoms with Crippen LogP contribution in [0.1, 0.15) is 11.6 Å². The molecule has 0 bridgehead atoms. The lowest BCUT2D eigenvalue weighted by molar-refractivity contribution is -0.149. The van der Waals surface area contributed by atoms with Crippen LogP contribution < -0.4 is 5.73 Å². The van der Waals surface area contributed by atoms with Crippen molar-refractivity contribution in [3.63, 3.8) is 0 Å². The summed E-state index contributed by atoms with van der Waals surface area (Å²) in [6.45, 7) is 0. The van der Waals surface area contributed by atoms with E-state index < -0.39 is 23.6 Å². The second kappa shape index (κ2) is 3.86. The highest BCUT2D eigenvalue weighted by Crippen LogP contribution is 2.33. The van der Waals surface area contributed by atoms with Gasteiger partial charge in [-0.3, -0.25) is 0 Å². The highest BCUT2D eigenvalue weighted by Gasteiger charge is 2.39. The molecule has 0 saturated carbocycles. The number of hydrogen-bond donors (Lipinski definition) is 1. The molecule has 0 spiro atoms. The molecule has 0 amide bonds. The quantitative estimate of drug-likeness (QED) is 0.781. The van der Waals surface area contributed by atoms with Crippen molar-refractivity contribution in [1.82, 2.24) is 0 Å². The second-order valence-electron chi connectivity index (χ2n) is 2.66. The van der Waals surface area contributed by atoms with Crippen molar-refractivity contribution in [2.45, 2.75) is 12.2 Å². The largest absolute Gasteiger partial charge is 0.407 e. The van der Waals surface area contributed by atoms with Crippen LogP contribution in [0.15, 0.2) is 22.7 Å². The molecule has 1 nitrogen and oxygen atoms in total. The molecule has 1 aromatic rings. The van der Waals surface area contributed by atoms with Crippen LogP contribution in [-0.4, -0.2) is 6.18 Å². The molecule has 0 aliphatic heterocycles. The molecular formula is C8H6BrF4N. The lowest BCUT2D eigenvalue weighted by Gasteiger charge is -2.16. The molecule has 1 rings (SSSR count). The molecule has 1 aromatic carbocycles. The fraction of sp³-hybridized carbons (Fsp3) is 0.250. The number of alkyl halides is 3. The third-order valence-corrected chi connectivity index (χ3v) is 2.28. The highest BCUT2D eigenvalue weighted by atomic mass is 79.9.